The van der Waals surface area contributed by atoms with Gasteiger partial charge in [0, 0.05) is 6.20 Å². The number of imide groups is 1. The zero-order valence-electron chi connectivity index (χ0n) is 17.2. The Bertz CT molecular complexity index is 1170. The second-order valence-electron chi connectivity index (χ2n) is 6.90. The first-order valence-electron chi connectivity index (χ1n) is 9.74. The van der Waals surface area contributed by atoms with E-state index >= 15 is 0 Å². The predicted octanol–water partition coefficient (Wildman–Crippen LogP) is 5.51. The van der Waals surface area contributed by atoms with Crippen LogP contribution in [0.25, 0.3) is 6.08 Å². The highest BCUT2D eigenvalue weighted by Gasteiger charge is 2.35. The molecule has 32 heavy (non-hydrogen) atoms. The SMILES string of the molecule is COc1cc(/C=C2\SC(=O)N(Cc3ccccc3)C2=O)cc(I)c1OCc1ccccn1. The summed E-state index contributed by atoms with van der Waals surface area (Å²) >= 11 is 3.11. The summed E-state index contributed by atoms with van der Waals surface area (Å²) in [4.78, 5) is 31.2. The maximum atomic E-state index is 12.8. The first-order valence-corrected chi connectivity index (χ1v) is 11.6. The van der Waals surface area contributed by atoms with E-state index in [1.807, 2.05) is 54.6 Å². The molecule has 1 aromatic heterocycles. The number of carbonyl (C=O) groups excluding carboxylic acids is 2. The van der Waals surface area contributed by atoms with E-state index in [-0.39, 0.29) is 17.7 Å². The predicted molar refractivity (Wildman–Crippen MR) is 132 cm³/mol. The average molecular weight is 558 g/mol. The quantitative estimate of drug-likeness (QED) is 0.282. The van der Waals surface area contributed by atoms with Crippen LogP contribution in [-0.2, 0) is 17.9 Å². The second-order valence-corrected chi connectivity index (χ2v) is 9.05. The highest BCUT2D eigenvalue weighted by molar-refractivity contribution is 14.1. The summed E-state index contributed by atoms with van der Waals surface area (Å²) in [5, 5.41) is -0.276. The standard InChI is InChI=1S/C24H19IN2O4S/c1-30-20-12-17(11-19(25)22(20)31-15-18-9-5-6-10-26-18)13-21-23(28)27(24(29)32-21)14-16-7-3-2-4-8-16/h2-13H,14-15H2,1H3/b21-13-. The van der Waals surface area contributed by atoms with Gasteiger partial charge in [0.1, 0.15) is 6.61 Å². The van der Waals surface area contributed by atoms with Crippen molar-refractivity contribution in [3.05, 3.63) is 92.2 Å². The number of benzene rings is 2. The van der Waals surface area contributed by atoms with Crippen molar-refractivity contribution in [1.82, 2.24) is 9.88 Å². The van der Waals surface area contributed by atoms with Crippen LogP contribution in [0.15, 0.2) is 71.8 Å². The molecular weight excluding hydrogens is 539 g/mol. The Labute approximate surface area is 203 Å². The molecule has 0 unspecified atom stereocenters. The zero-order chi connectivity index (χ0) is 22.5. The first kappa shape index (κ1) is 22.3. The van der Waals surface area contributed by atoms with E-state index in [1.165, 1.54) is 4.90 Å². The molecule has 3 aromatic rings. The van der Waals surface area contributed by atoms with Gasteiger partial charge in [-0.25, -0.2) is 0 Å². The average Bonchev–Trinajstić information content (AvgIpc) is 3.06. The van der Waals surface area contributed by atoms with Crippen LogP contribution in [0.1, 0.15) is 16.8 Å². The van der Waals surface area contributed by atoms with E-state index in [1.54, 1.807) is 25.4 Å². The number of pyridine rings is 1. The van der Waals surface area contributed by atoms with Crippen LogP contribution in [0.5, 0.6) is 11.5 Å². The van der Waals surface area contributed by atoms with E-state index in [2.05, 4.69) is 27.6 Å². The van der Waals surface area contributed by atoms with E-state index in [0.29, 0.717) is 23.0 Å². The molecule has 2 aromatic carbocycles. The molecule has 1 saturated heterocycles. The van der Waals surface area contributed by atoms with Gasteiger partial charge >= 0.3 is 0 Å². The van der Waals surface area contributed by atoms with E-state index in [4.69, 9.17) is 9.47 Å². The molecule has 0 spiro atoms. The van der Waals surface area contributed by atoms with Gasteiger partial charge in [-0.2, -0.15) is 0 Å². The van der Waals surface area contributed by atoms with Gasteiger partial charge in [0.15, 0.2) is 11.5 Å². The number of methoxy groups -OCH3 is 1. The Kier molecular flexibility index (Phi) is 7.11. The summed E-state index contributed by atoms with van der Waals surface area (Å²) in [5.41, 5.74) is 2.46. The van der Waals surface area contributed by atoms with E-state index < -0.39 is 0 Å². The summed E-state index contributed by atoms with van der Waals surface area (Å²) < 4.78 is 12.3. The molecule has 0 saturated carbocycles. The van der Waals surface area contributed by atoms with Crippen LogP contribution < -0.4 is 9.47 Å². The van der Waals surface area contributed by atoms with Crippen molar-refractivity contribution < 1.29 is 19.1 Å². The van der Waals surface area contributed by atoms with Gasteiger partial charge in [0.25, 0.3) is 11.1 Å². The lowest BCUT2D eigenvalue weighted by Gasteiger charge is -2.14. The maximum absolute atomic E-state index is 12.8. The highest BCUT2D eigenvalue weighted by Crippen LogP contribution is 2.38. The zero-order valence-corrected chi connectivity index (χ0v) is 20.1. The number of halogens is 1. The molecule has 0 atom stereocenters. The first-order chi connectivity index (χ1) is 15.5. The molecule has 2 amide bonds. The van der Waals surface area contributed by atoms with Gasteiger partial charge in [0.05, 0.1) is 27.8 Å². The van der Waals surface area contributed by atoms with Gasteiger partial charge < -0.3 is 9.47 Å². The molecule has 162 valence electrons. The van der Waals surface area contributed by atoms with Crippen LogP contribution in [0.2, 0.25) is 0 Å². The summed E-state index contributed by atoms with van der Waals surface area (Å²) in [7, 11) is 1.57. The molecule has 4 rings (SSSR count). The summed E-state index contributed by atoms with van der Waals surface area (Å²) in [6, 6.07) is 18.8. The van der Waals surface area contributed by atoms with Crippen molar-refractivity contribution in [2.24, 2.45) is 0 Å². The van der Waals surface area contributed by atoms with E-state index in [9.17, 15) is 9.59 Å². The van der Waals surface area contributed by atoms with Crippen molar-refractivity contribution >= 4 is 51.6 Å². The minimum absolute atomic E-state index is 0.254. The van der Waals surface area contributed by atoms with Crippen molar-refractivity contribution in [1.29, 1.82) is 0 Å². The third kappa shape index (κ3) is 5.13. The van der Waals surface area contributed by atoms with Crippen LogP contribution in [0.4, 0.5) is 4.79 Å². The van der Waals surface area contributed by atoms with Crippen molar-refractivity contribution in [3.63, 3.8) is 0 Å². The monoisotopic (exact) mass is 558 g/mol. The Balaban J connectivity index is 1.54. The van der Waals surface area contributed by atoms with Gasteiger partial charge in [-0.15, -0.1) is 0 Å². The van der Waals surface area contributed by atoms with Gasteiger partial charge in [-0.1, -0.05) is 36.4 Å². The molecule has 6 nitrogen and oxygen atoms in total. The van der Waals surface area contributed by atoms with Gasteiger partial charge in [-0.3, -0.25) is 19.5 Å². The molecule has 8 heteroatoms. The smallest absolute Gasteiger partial charge is 0.293 e. The minimum Gasteiger partial charge on any atom is -0.493 e. The van der Waals surface area contributed by atoms with Crippen molar-refractivity contribution in [2.75, 3.05) is 7.11 Å². The number of carbonyl (C=O) groups is 2. The lowest BCUT2D eigenvalue weighted by atomic mass is 10.1. The van der Waals surface area contributed by atoms with Gasteiger partial charge in [0.2, 0.25) is 0 Å². The van der Waals surface area contributed by atoms with Crippen LogP contribution >= 0.6 is 34.4 Å². The Morgan fingerprint density at radius 1 is 1.09 bits per heavy atom. The molecule has 0 aliphatic carbocycles. The molecule has 0 N–H and O–H groups in total. The number of nitrogens with zero attached hydrogens (tertiary/aromatic N) is 2. The fourth-order valence-corrected chi connectivity index (χ4v) is 4.77. The second kappa shape index (κ2) is 10.2. The Morgan fingerprint density at radius 2 is 1.88 bits per heavy atom. The Hall–Kier alpha value is -2.85. The van der Waals surface area contributed by atoms with Crippen LogP contribution in [0.3, 0.4) is 0 Å². The lowest BCUT2D eigenvalue weighted by Crippen LogP contribution is -2.27. The van der Waals surface area contributed by atoms with Gasteiger partial charge in [-0.05, 0) is 75.8 Å². The molecule has 1 aliphatic heterocycles. The minimum atomic E-state index is -0.298. The topological polar surface area (TPSA) is 68.7 Å². The number of amides is 2. The molecular formula is C24H19IN2O4S. The van der Waals surface area contributed by atoms with Crippen molar-refractivity contribution in [3.8, 4) is 11.5 Å². The van der Waals surface area contributed by atoms with Crippen LogP contribution in [0, 0.1) is 3.57 Å². The number of hydrogen-bond donors (Lipinski definition) is 0. The summed E-state index contributed by atoms with van der Waals surface area (Å²) in [6.45, 7) is 0.564. The number of aromatic nitrogens is 1. The fourth-order valence-electron chi connectivity index (χ4n) is 3.15. The number of ether oxygens (including phenoxy) is 2. The third-order valence-electron chi connectivity index (χ3n) is 4.70. The fraction of sp³-hybridized carbons (Fsp3) is 0.125. The number of hydrogen-bond acceptors (Lipinski definition) is 6. The summed E-state index contributed by atoms with van der Waals surface area (Å²) in [5.74, 6) is 0.851. The summed E-state index contributed by atoms with van der Waals surface area (Å²) in [6.07, 6.45) is 3.43. The number of thioether (sulfide) groups is 1. The van der Waals surface area contributed by atoms with Crippen LogP contribution in [-0.4, -0.2) is 28.1 Å². The number of rotatable bonds is 7. The molecule has 0 bridgehead atoms. The highest BCUT2D eigenvalue weighted by atomic mass is 127. The lowest BCUT2D eigenvalue weighted by molar-refractivity contribution is -0.123. The Morgan fingerprint density at radius 3 is 2.59 bits per heavy atom. The normalized spacial score (nSPS) is 14.8. The molecule has 0 radical (unpaired) electrons. The molecule has 1 fully saturated rings. The molecule has 2 heterocycles. The molecule has 1 aliphatic rings. The largest absolute Gasteiger partial charge is 0.493 e. The van der Waals surface area contributed by atoms with E-state index in [0.717, 1.165) is 32.2 Å². The third-order valence-corrected chi connectivity index (χ3v) is 6.41. The maximum Gasteiger partial charge on any atom is 0.293 e. The van der Waals surface area contributed by atoms with Crippen molar-refractivity contribution in [2.45, 2.75) is 13.2 Å².